The molecular weight excluding hydrogens is 663 g/mol. The number of aliphatic hydroxyl groups excluding tert-OH is 2. The predicted molar refractivity (Wildman–Crippen MR) is 178 cm³/mol. The Bertz CT molecular complexity index is 1550. The lowest BCUT2D eigenvalue weighted by molar-refractivity contribution is -0.164. The summed E-state index contributed by atoms with van der Waals surface area (Å²) in [5, 5.41) is 24.3. The molecule has 0 fully saturated rings. The molecule has 0 saturated carbocycles. The Kier molecular flexibility index (Phi) is 14.2. The van der Waals surface area contributed by atoms with Crippen molar-refractivity contribution >= 4 is 22.0 Å². The van der Waals surface area contributed by atoms with Gasteiger partial charge >= 0.3 is 12.3 Å². The summed E-state index contributed by atoms with van der Waals surface area (Å²) in [6.07, 6.45) is -6.58. The minimum absolute atomic E-state index is 0.0121. The van der Waals surface area contributed by atoms with E-state index < -0.39 is 64.8 Å². The number of rotatable bonds is 17. The molecule has 0 aliphatic rings. The zero-order valence-corrected chi connectivity index (χ0v) is 28.5. The first kappa shape index (κ1) is 39.5. The van der Waals surface area contributed by atoms with Gasteiger partial charge in [0.05, 0.1) is 30.8 Å². The van der Waals surface area contributed by atoms with Gasteiger partial charge in [-0.15, -0.1) is 0 Å². The summed E-state index contributed by atoms with van der Waals surface area (Å²) in [6, 6.07) is 18.8. The van der Waals surface area contributed by atoms with E-state index in [1.54, 1.807) is 67.6 Å². The van der Waals surface area contributed by atoms with Crippen LogP contribution in [0.2, 0.25) is 0 Å². The van der Waals surface area contributed by atoms with E-state index >= 15 is 0 Å². The van der Waals surface area contributed by atoms with Crippen LogP contribution in [0.5, 0.6) is 0 Å². The molecule has 0 aliphatic heterocycles. The van der Waals surface area contributed by atoms with Crippen molar-refractivity contribution < 1.29 is 46.1 Å². The Labute approximate surface area is 285 Å². The first-order chi connectivity index (χ1) is 23.2. The van der Waals surface area contributed by atoms with Crippen LogP contribution in [0.15, 0.2) is 89.8 Å². The zero-order valence-electron chi connectivity index (χ0n) is 27.7. The zero-order chi connectivity index (χ0) is 36.2. The number of nitrogens with one attached hydrogen (secondary N) is 2. The average molecular weight is 708 g/mol. The van der Waals surface area contributed by atoms with E-state index in [9.17, 15) is 41.4 Å². The van der Waals surface area contributed by atoms with Gasteiger partial charge in [0.15, 0.2) is 0 Å². The fraction of sp³-hybridized carbons (Fsp3) is 0.429. The quantitative estimate of drug-likeness (QED) is 0.153. The molecule has 10 nitrogen and oxygen atoms in total. The summed E-state index contributed by atoms with van der Waals surface area (Å²) in [4.78, 5) is 26.1. The highest BCUT2D eigenvalue weighted by molar-refractivity contribution is 7.89. The monoisotopic (exact) mass is 707 g/mol. The van der Waals surface area contributed by atoms with Crippen molar-refractivity contribution in [3.63, 3.8) is 0 Å². The molecule has 4 N–H and O–H groups in total. The van der Waals surface area contributed by atoms with Gasteiger partial charge in [-0.3, -0.25) is 4.79 Å². The van der Waals surface area contributed by atoms with Gasteiger partial charge in [0.25, 0.3) is 0 Å². The van der Waals surface area contributed by atoms with Crippen LogP contribution < -0.4 is 10.6 Å². The van der Waals surface area contributed by atoms with E-state index in [1.165, 1.54) is 31.2 Å². The Balaban J connectivity index is 1.89. The lowest BCUT2D eigenvalue weighted by Crippen LogP contribution is -2.56. The van der Waals surface area contributed by atoms with E-state index in [0.29, 0.717) is 23.1 Å². The highest BCUT2D eigenvalue weighted by Gasteiger charge is 2.44. The smallest absolute Gasteiger partial charge is 0.408 e. The highest BCUT2D eigenvalue weighted by atomic mass is 32.2. The number of carbonyl (C=O) groups is 2. The van der Waals surface area contributed by atoms with Gasteiger partial charge in [0.2, 0.25) is 15.9 Å². The second-order valence-electron chi connectivity index (χ2n) is 11.9. The Morgan fingerprint density at radius 3 is 1.90 bits per heavy atom. The number of methoxy groups -OCH3 is 1. The van der Waals surface area contributed by atoms with E-state index in [-0.39, 0.29) is 30.9 Å². The number of ether oxygens (including phenoxy) is 1. The van der Waals surface area contributed by atoms with Crippen molar-refractivity contribution in [2.24, 2.45) is 0 Å². The maximum atomic E-state index is 14.5. The van der Waals surface area contributed by atoms with Crippen LogP contribution in [0.4, 0.5) is 18.0 Å². The molecule has 0 aromatic heterocycles. The molecule has 0 spiro atoms. The number of nitrogens with zero attached hydrogens (tertiary/aromatic N) is 1. The number of alkyl carbamates (subject to hydrolysis) is 1. The molecule has 268 valence electrons. The van der Waals surface area contributed by atoms with Crippen LogP contribution in [0.25, 0.3) is 0 Å². The fourth-order valence-electron chi connectivity index (χ4n) is 5.71. The summed E-state index contributed by atoms with van der Waals surface area (Å²) in [5.74, 6) is -1.98. The summed E-state index contributed by atoms with van der Waals surface area (Å²) in [5.41, 5.74) is 0.145. The molecule has 14 heteroatoms. The maximum absolute atomic E-state index is 14.5. The van der Waals surface area contributed by atoms with Crippen LogP contribution in [0, 0.1) is 0 Å². The van der Waals surface area contributed by atoms with Crippen molar-refractivity contribution in [1.82, 2.24) is 14.9 Å². The van der Waals surface area contributed by atoms with Crippen molar-refractivity contribution in [2.45, 2.75) is 80.7 Å². The number of hydrogen-bond acceptors (Lipinski definition) is 7. The number of alkyl halides is 3. The first-order valence-electron chi connectivity index (χ1n) is 15.9. The SMILES string of the molecule is CCCN(C(C)(CO)CCC[C@@H](NC(=O)[C@@H](NC(=O)OC)C(c1ccccc1)c1ccccc1)C(F)(F)F)S(=O)(=O)c1ccc(CO)cc1. The Hall–Kier alpha value is -3.98. The molecular formula is C35H44F3N3O7S. The third-order valence-corrected chi connectivity index (χ3v) is 10.4. The topological polar surface area (TPSA) is 145 Å². The molecule has 0 radical (unpaired) electrons. The molecule has 3 rings (SSSR count). The minimum atomic E-state index is -4.90. The summed E-state index contributed by atoms with van der Waals surface area (Å²) in [6.45, 7) is 2.22. The van der Waals surface area contributed by atoms with Crippen molar-refractivity contribution in [3.05, 3.63) is 102 Å². The lowest BCUT2D eigenvalue weighted by Gasteiger charge is -2.39. The predicted octanol–water partition coefficient (Wildman–Crippen LogP) is 5.10. The third kappa shape index (κ3) is 10.3. The van der Waals surface area contributed by atoms with Crippen molar-refractivity contribution in [3.8, 4) is 0 Å². The molecule has 49 heavy (non-hydrogen) atoms. The van der Waals surface area contributed by atoms with Crippen LogP contribution in [0.3, 0.4) is 0 Å². The van der Waals surface area contributed by atoms with Crippen molar-refractivity contribution in [1.29, 1.82) is 0 Å². The standard InChI is InChI=1S/C35H44F3N3O7S/c1-4-22-41(49(46,47)28-19-17-25(23-42)18-20-28)34(2,24-43)21-11-16-29(35(36,37)38)39-32(44)31(40-33(45)48-3)30(26-12-7-5-8-13-26)27-14-9-6-10-15-27/h5-10,12-15,17-20,29-31,42-43H,4,11,16,21-24H2,1-3H3,(H,39,44)(H,40,45)/t29-,31+,34?/m1/s1. The van der Waals surface area contributed by atoms with E-state index in [4.69, 9.17) is 4.74 Å². The van der Waals surface area contributed by atoms with Gasteiger partial charge in [-0.1, -0.05) is 79.7 Å². The molecule has 3 aromatic carbocycles. The number of sulfonamides is 1. The number of hydrogen-bond donors (Lipinski definition) is 4. The number of benzene rings is 3. The van der Waals surface area contributed by atoms with E-state index in [2.05, 4.69) is 10.6 Å². The van der Waals surface area contributed by atoms with Crippen LogP contribution in [-0.4, -0.2) is 79.0 Å². The van der Waals surface area contributed by atoms with Gasteiger partial charge < -0.3 is 25.6 Å². The molecule has 0 saturated heterocycles. The van der Waals surface area contributed by atoms with Crippen LogP contribution in [0.1, 0.15) is 62.1 Å². The van der Waals surface area contributed by atoms with Crippen molar-refractivity contribution in [2.75, 3.05) is 20.3 Å². The molecule has 1 unspecified atom stereocenters. The minimum Gasteiger partial charge on any atom is -0.453 e. The number of amides is 2. The normalized spacial score (nSPS) is 14.6. The molecule has 0 bridgehead atoms. The second kappa shape index (κ2) is 17.6. The summed E-state index contributed by atoms with van der Waals surface area (Å²) in [7, 11) is -3.12. The fourth-order valence-corrected chi connectivity index (χ4v) is 7.60. The molecule has 3 atom stereocenters. The molecule has 0 aliphatic carbocycles. The van der Waals surface area contributed by atoms with Gasteiger partial charge in [-0.2, -0.15) is 17.5 Å². The van der Waals surface area contributed by atoms with Gasteiger partial charge in [0.1, 0.15) is 12.1 Å². The third-order valence-electron chi connectivity index (χ3n) is 8.38. The Morgan fingerprint density at radius 2 is 1.45 bits per heavy atom. The van der Waals surface area contributed by atoms with E-state index in [1.807, 2.05) is 0 Å². The summed E-state index contributed by atoms with van der Waals surface area (Å²) >= 11 is 0. The van der Waals surface area contributed by atoms with E-state index in [0.717, 1.165) is 11.4 Å². The molecule has 0 heterocycles. The van der Waals surface area contributed by atoms with Gasteiger partial charge in [-0.25, -0.2) is 13.2 Å². The molecule has 3 aromatic rings. The number of carbonyl (C=O) groups excluding carboxylic acids is 2. The summed E-state index contributed by atoms with van der Waals surface area (Å²) < 4.78 is 76.6. The van der Waals surface area contributed by atoms with Crippen LogP contribution >= 0.6 is 0 Å². The number of aliphatic hydroxyl groups is 2. The highest BCUT2D eigenvalue weighted by Crippen LogP contribution is 2.33. The van der Waals surface area contributed by atoms with Gasteiger partial charge in [-0.05, 0) is 61.4 Å². The first-order valence-corrected chi connectivity index (χ1v) is 17.3. The van der Waals surface area contributed by atoms with Crippen LogP contribution in [-0.2, 0) is 26.2 Å². The number of halogens is 3. The lowest BCUT2D eigenvalue weighted by atomic mass is 9.84. The van der Waals surface area contributed by atoms with Gasteiger partial charge in [0, 0.05) is 12.5 Å². The maximum Gasteiger partial charge on any atom is 0.408 e. The largest absolute Gasteiger partial charge is 0.453 e. The second-order valence-corrected chi connectivity index (χ2v) is 13.8. The Morgan fingerprint density at radius 1 is 0.898 bits per heavy atom. The average Bonchev–Trinajstić information content (AvgIpc) is 3.10. The molecule has 2 amide bonds.